The monoisotopic (exact) mass is 509 g/mol. The van der Waals surface area contributed by atoms with E-state index in [9.17, 15) is 13.2 Å². The van der Waals surface area contributed by atoms with Crippen LogP contribution in [-0.2, 0) is 27.8 Å². The minimum Gasteiger partial charge on any atom is -0.481 e. The highest BCUT2D eigenvalue weighted by molar-refractivity contribution is 7.89. The van der Waals surface area contributed by atoms with E-state index in [2.05, 4.69) is 9.82 Å². The molecule has 1 heterocycles. The standard InChI is InChI=1S/C22H21Cl2N3O5S/c23-16-4-1-2-7-20(16)32-21-9-8-14(12-17(21)24)33(30,31)26-18-5-3-6-19-15(18)13-25-27(19)11-10-22(28)29/h1-2,4,7-9,12-13,18,26H,3,5-6,10-11H2,(H,28,29)/t18-/m1/s1. The van der Waals surface area contributed by atoms with Gasteiger partial charge in [-0.25, -0.2) is 13.1 Å². The van der Waals surface area contributed by atoms with E-state index < -0.39 is 22.0 Å². The quantitative estimate of drug-likeness (QED) is 0.450. The van der Waals surface area contributed by atoms with Crippen LogP contribution in [0.1, 0.15) is 36.6 Å². The normalized spacial score (nSPS) is 15.8. The lowest BCUT2D eigenvalue weighted by Crippen LogP contribution is -2.31. The minimum absolute atomic E-state index is 0.00408. The number of carbonyl (C=O) groups is 1. The van der Waals surface area contributed by atoms with Gasteiger partial charge in [0.25, 0.3) is 0 Å². The van der Waals surface area contributed by atoms with E-state index in [-0.39, 0.29) is 28.6 Å². The summed E-state index contributed by atoms with van der Waals surface area (Å²) in [6, 6.07) is 10.7. The second-order valence-electron chi connectivity index (χ2n) is 7.60. The lowest BCUT2D eigenvalue weighted by molar-refractivity contribution is -0.137. The van der Waals surface area contributed by atoms with E-state index in [4.69, 9.17) is 33.0 Å². The van der Waals surface area contributed by atoms with Crippen molar-refractivity contribution in [1.82, 2.24) is 14.5 Å². The van der Waals surface area contributed by atoms with Crippen molar-refractivity contribution in [2.45, 2.75) is 43.2 Å². The summed E-state index contributed by atoms with van der Waals surface area (Å²) in [7, 11) is -3.89. The summed E-state index contributed by atoms with van der Waals surface area (Å²) in [5.41, 5.74) is 1.62. The number of halogens is 2. The summed E-state index contributed by atoms with van der Waals surface area (Å²) in [4.78, 5) is 10.9. The van der Waals surface area contributed by atoms with E-state index >= 15 is 0 Å². The van der Waals surface area contributed by atoms with Crippen molar-refractivity contribution in [1.29, 1.82) is 0 Å². The summed E-state index contributed by atoms with van der Waals surface area (Å²) < 4.78 is 36.2. The number of nitrogens with zero attached hydrogens (tertiary/aromatic N) is 2. The number of nitrogens with one attached hydrogen (secondary N) is 1. The zero-order chi connectivity index (χ0) is 23.6. The van der Waals surface area contributed by atoms with Gasteiger partial charge in [-0.3, -0.25) is 9.48 Å². The number of aliphatic carboxylic acids is 1. The lowest BCUT2D eigenvalue weighted by Gasteiger charge is -2.24. The van der Waals surface area contributed by atoms with Crippen LogP contribution in [0.3, 0.4) is 0 Å². The first-order valence-corrected chi connectivity index (χ1v) is 12.5. The van der Waals surface area contributed by atoms with Crippen LogP contribution in [0.2, 0.25) is 10.0 Å². The lowest BCUT2D eigenvalue weighted by atomic mass is 9.94. The van der Waals surface area contributed by atoms with Crippen molar-refractivity contribution < 1.29 is 23.1 Å². The van der Waals surface area contributed by atoms with Crippen molar-refractivity contribution >= 4 is 39.2 Å². The minimum atomic E-state index is -3.89. The Morgan fingerprint density at radius 3 is 2.67 bits per heavy atom. The highest BCUT2D eigenvalue weighted by Gasteiger charge is 2.29. The van der Waals surface area contributed by atoms with Gasteiger partial charge >= 0.3 is 5.97 Å². The summed E-state index contributed by atoms with van der Waals surface area (Å²) in [6.07, 6.45) is 3.64. The molecule has 0 bridgehead atoms. The van der Waals surface area contributed by atoms with Gasteiger partial charge in [-0.2, -0.15) is 5.10 Å². The average molecular weight is 510 g/mol. The summed E-state index contributed by atoms with van der Waals surface area (Å²) >= 11 is 12.4. The number of carboxylic acids is 1. The first-order valence-electron chi connectivity index (χ1n) is 10.3. The van der Waals surface area contributed by atoms with Gasteiger partial charge in [0, 0.05) is 11.3 Å². The summed E-state index contributed by atoms with van der Waals surface area (Å²) in [5, 5.41) is 13.7. The van der Waals surface area contributed by atoms with Crippen molar-refractivity contribution in [3.8, 4) is 11.5 Å². The molecule has 1 aromatic heterocycles. The number of ether oxygens (including phenoxy) is 1. The topological polar surface area (TPSA) is 111 Å². The molecular formula is C22H21Cl2N3O5S. The van der Waals surface area contributed by atoms with Crippen molar-refractivity contribution in [2.75, 3.05) is 0 Å². The molecule has 1 aliphatic carbocycles. The van der Waals surface area contributed by atoms with Crippen LogP contribution < -0.4 is 9.46 Å². The zero-order valence-electron chi connectivity index (χ0n) is 17.4. The van der Waals surface area contributed by atoms with Crippen molar-refractivity contribution in [3.63, 3.8) is 0 Å². The fourth-order valence-electron chi connectivity index (χ4n) is 3.77. The molecule has 174 valence electrons. The second kappa shape index (κ2) is 9.72. The molecule has 0 fully saturated rings. The molecular weight excluding hydrogens is 489 g/mol. The molecule has 0 radical (unpaired) electrons. The summed E-state index contributed by atoms with van der Waals surface area (Å²) in [5.74, 6) is -0.223. The first kappa shape index (κ1) is 23.6. The Morgan fingerprint density at radius 2 is 1.94 bits per heavy atom. The molecule has 8 nitrogen and oxygen atoms in total. The molecule has 0 amide bonds. The third kappa shape index (κ3) is 5.33. The molecule has 0 unspecified atom stereocenters. The molecule has 1 atom stereocenters. The number of para-hydroxylation sites is 1. The van der Waals surface area contributed by atoms with Gasteiger partial charge in [0.05, 0.1) is 40.1 Å². The van der Waals surface area contributed by atoms with Crippen LogP contribution in [0.15, 0.2) is 53.6 Å². The van der Waals surface area contributed by atoms with Crippen LogP contribution in [0.5, 0.6) is 11.5 Å². The summed E-state index contributed by atoms with van der Waals surface area (Å²) in [6.45, 7) is 0.243. The van der Waals surface area contributed by atoms with E-state index in [1.165, 1.54) is 18.2 Å². The van der Waals surface area contributed by atoms with Gasteiger partial charge in [-0.1, -0.05) is 35.3 Å². The Kier molecular flexibility index (Phi) is 6.94. The molecule has 3 aromatic rings. The molecule has 0 saturated heterocycles. The Hall–Kier alpha value is -2.59. The average Bonchev–Trinajstić information content (AvgIpc) is 3.19. The van der Waals surface area contributed by atoms with Crippen LogP contribution in [0.4, 0.5) is 0 Å². The van der Waals surface area contributed by atoms with Crippen LogP contribution in [-0.4, -0.2) is 29.3 Å². The highest BCUT2D eigenvalue weighted by Crippen LogP contribution is 2.36. The number of aromatic nitrogens is 2. The van der Waals surface area contributed by atoms with Gasteiger partial charge < -0.3 is 9.84 Å². The van der Waals surface area contributed by atoms with E-state index in [1.807, 2.05) is 0 Å². The van der Waals surface area contributed by atoms with Gasteiger partial charge in [0.1, 0.15) is 11.5 Å². The molecule has 0 aliphatic heterocycles. The van der Waals surface area contributed by atoms with Crippen molar-refractivity contribution in [2.24, 2.45) is 0 Å². The molecule has 0 saturated carbocycles. The SMILES string of the molecule is O=C(O)CCn1ncc2c1CCC[C@H]2NS(=O)(=O)c1ccc(Oc2ccccc2Cl)c(Cl)c1. The maximum atomic E-state index is 13.1. The number of benzene rings is 2. The van der Waals surface area contributed by atoms with Crippen LogP contribution >= 0.6 is 23.2 Å². The number of carboxylic acid groups (broad SMARTS) is 1. The molecule has 33 heavy (non-hydrogen) atoms. The third-order valence-electron chi connectivity index (χ3n) is 5.37. The van der Waals surface area contributed by atoms with Crippen LogP contribution in [0, 0.1) is 0 Å². The molecule has 4 rings (SSSR count). The number of sulfonamides is 1. The number of rotatable bonds is 8. The Labute approximate surface area is 201 Å². The smallest absolute Gasteiger partial charge is 0.305 e. The Bertz CT molecular complexity index is 1290. The van der Waals surface area contributed by atoms with Crippen LogP contribution in [0.25, 0.3) is 0 Å². The predicted molar refractivity (Wildman–Crippen MR) is 123 cm³/mol. The van der Waals surface area contributed by atoms with Crippen molar-refractivity contribution in [3.05, 3.63) is 70.0 Å². The van der Waals surface area contributed by atoms with Gasteiger partial charge in [-0.15, -0.1) is 0 Å². The maximum Gasteiger partial charge on any atom is 0.305 e. The second-order valence-corrected chi connectivity index (χ2v) is 10.1. The van der Waals surface area contributed by atoms with Gasteiger partial charge in [0.2, 0.25) is 10.0 Å². The highest BCUT2D eigenvalue weighted by atomic mass is 35.5. The molecule has 1 aliphatic rings. The number of hydrogen-bond acceptors (Lipinski definition) is 5. The third-order valence-corrected chi connectivity index (χ3v) is 7.44. The Morgan fingerprint density at radius 1 is 1.18 bits per heavy atom. The predicted octanol–water partition coefficient (Wildman–Crippen LogP) is 4.81. The Balaban J connectivity index is 1.52. The number of aryl methyl sites for hydroxylation is 1. The molecule has 11 heteroatoms. The number of fused-ring (bicyclic) bond motifs is 1. The molecule has 2 aromatic carbocycles. The van der Waals surface area contributed by atoms with E-state index in [1.54, 1.807) is 35.1 Å². The fourth-order valence-corrected chi connectivity index (χ4v) is 5.50. The maximum absolute atomic E-state index is 13.1. The van der Waals surface area contributed by atoms with Gasteiger partial charge in [0.15, 0.2) is 0 Å². The van der Waals surface area contributed by atoms with Gasteiger partial charge in [-0.05, 0) is 49.6 Å². The largest absolute Gasteiger partial charge is 0.481 e. The van der Waals surface area contributed by atoms with E-state index in [0.29, 0.717) is 23.6 Å². The van der Waals surface area contributed by atoms with E-state index in [0.717, 1.165) is 17.7 Å². The number of hydrogen-bond donors (Lipinski definition) is 2. The molecule has 0 spiro atoms. The zero-order valence-corrected chi connectivity index (χ0v) is 19.7. The molecule has 2 N–H and O–H groups in total. The first-order chi connectivity index (χ1) is 15.7. The fraction of sp³-hybridized carbons (Fsp3) is 0.273.